The summed E-state index contributed by atoms with van der Waals surface area (Å²) in [7, 11) is 1.32. The highest BCUT2D eigenvalue weighted by molar-refractivity contribution is 7.36. The van der Waals surface area contributed by atoms with Crippen LogP contribution in [0.4, 0.5) is 0 Å². The molecule has 0 aromatic carbocycles. The topological polar surface area (TPSA) is 12.0 Å². The predicted octanol–water partition coefficient (Wildman–Crippen LogP) is 3.62. The number of nitrogens with one attached hydrogen (secondary N) is 1. The van der Waals surface area contributed by atoms with E-state index in [0.717, 1.165) is 6.04 Å². The van der Waals surface area contributed by atoms with Crippen molar-refractivity contribution >= 4 is 14.2 Å². The lowest BCUT2D eigenvalue weighted by molar-refractivity contribution is 0.423. The number of rotatable bonds is 2. The molecule has 13 heavy (non-hydrogen) atoms. The van der Waals surface area contributed by atoms with Gasteiger partial charge in [0, 0.05) is 6.04 Å². The molecule has 0 amide bonds. The first kappa shape index (κ1) is 11.2. The lowest BCUT2D eigenvalue weighted by atomic mass is 9.96. The lowest BCUT2D eigenvalue weighted by Crippen LogP contribution is -2.24. The van der Waals surface area contributed by atoms with Crippen LogP contribution in [0.25, 0.3) is 0 Å². The largest absolute Gasteiger partial charge is 0.268 e. The zero-order chi connectivity index (χ0) is 9.73. The zero-order valence-electron chi connectivity index (χ0n) is 9.14. The molecule has 0 saturated heterocycles. The Labute approximate surface area is 84.2 Å². The average molecular weight is 199 g/mol. The van der Waals surface area contributed by atoms with Gasteiger partial charge in [-0.05, 0) is 32.4 Å². The van der Waals surface area contributed by atoms with Crippen LogP contribution in [0.15, 0.2) is 0 Å². The molecular weight excluding hydrogens is 177 g/mol. The van der Waals surface area contributed by atoms with Gasteiger partial charge in [0.15, 0.2) is 0 Å². The monoisotopic (exact) mass is 199 g/mol. The van der Waals surface area contributed by atoms with Gasteiger partial charge in [0.25, 0.3) is 0 Å². The van der Waals surface area contributed by atoms with Crippen LogP contribution >= 0.6 is 8.35 Å². The van der Waals surface area contributed by atoms with Gasteiger partial charge in [0.1, 0.15) is 0 Å². The van der Waals surface area contributed by atoms with Gasteiger partial charge in [-0.2, -0.15) is 0 Å². The van der Waals surface area contributed by atoms with Crippen molar-refractivity contribution in [1.82, 2.24) is 5.09 Å². The Morgan fingerprint density at radius 3 is 2.31 bits per heavy atom. The van der Waals surface area contributed by atoms with E-state index in [9.17, 15) is 0 Å². The van der Waals surface area contributed by atoms with Gasteiger partial charge in [-0.25, -0.2) is 0 Å². The molecule has 0 radical (unpaired) electrons. The molecule has 0 aromatic rings. The minimum atomic E-state index is 0.350. The van der Waals surface area contributed by atoms with E-state index in [1.54, 1.807) is 0 Å². The molecular formula is C11H22NP. The molecule has 2 heteroatoms. The highest BCUT2D eigenvalue weighted by Crippen LogP contribution is 2.20. The van der Waals surface area contributed by atoms with E-state index < -0.39 is 0 Å². The molecule has 1 aliphatic carbocycles. The maximum Gasteiger partial charge on any atom is 0.0149 e. The third kappa shape index (κ3) is 5.44. The van der Waals surface area contributed by atoms with E-state index in [1.165, 1.54) is 40.5 Å². The van der Waals surface area contributed by atoms with E-state index in [4.69, 9.17) is 0 Å². The quantitative estimate of drug-likeness (QED) is 0.670. The Hall–Kier alpha value is 0.130. The van der Waals surface area contributed by atoms with Crippen LogP contribution in [0.1, 0.15) is 52.9 Å². The van der Waals surface area contributed by atoms with Gasteiger partial charge in [-0.1, -0.05) is 40.0 Å². The first-order chi connectivity index (χ1) is 6.08. The summed E-state index contributed by atoms with van der Waals surface area (Å²) in [6, 6.07) is 0.786. The molecule has 0 heterocycles. The molecule has 1 N–H and O–H groups in total. The Kier molecular flexibility index (Phi) is 4.41. The standard InChI is InChI=1S/C11H22NP/c1-11(2,3)9-13-12-10-7-5-4-6-8-10/h9-10,12H,4-8H2,1-3H3. The maximum atomic E-state index is 3.59. The molecule has 1 aliphatic rings. The van der Waals surface area contributed by atoms with Crippen molar-refractivity contribution in [3.05, 3.63) is 0 Å². The van der Waals surface area contributed by atoms with Crippen molar-refractivity contribution in [3.63, 3.8) is 0 Å². The minimum Gasteiger partial charge on any atom is -0.268 e. The van der Waals surface area contributed by atoms with Gasteiger partial charge in [0.05, 0.1) is 0 Å². The molecule has 1 saturated carbocycles. The van der Waals surface area contributed by atoms with Crippen molar-refractivity contribution in [3.8, 4) is 0 Å². The molecule has 0 spiro atoms. The van der Waals surface area contributed by atoms with Crippen LogP contribution in [-0.4, -0.2) is 11.8 Å². The predicted molar refractivity (Wildman–Crippen MR) is 62.4 cm³/mol. The van der Waals surface area contributed by atoms with Crippen LogP contribution in [-0.2, 0) is 0 Å². The first-order valence-electron chi connectivity index (χ1n) is 5.38. The summed E-state index contributed by atoms with van der Waals surface area (Å²) in [5.41, 5.74) is 0.350. The fourth-order valence-electron chi connectivity index (χ4n) is 1.57. The molecule has 1 nitrogen and oxygen atoms in total. The van der Waals surface area contributed by atoms with Crippen molar-refractivity contribution in [2.75, 3.05) is 0 Å². The Morgan fingerprint density at radius 1 is 1.15 bits per heavy atom. The molecule has 1 fully saturated rings. The van der Waals surface area contributed by atoms with Crippen LogP contribution in [0, 0.1) is 5.41 Å². The second-order valence-corrected chi connectivity index (χ2v) is 5.86. The van der Waals surface area contributed by atoms with E-state index in [2.05, 4.69) is 31.7 Å². The SMILES string of the molecule is CC(C)(C)C=PNC1CCCCC1. The van der Waals surface area contributed by atoms with Crippen molar-refractivity contribution in [1.29, 1.82) is 0 Å². The van der Waals surface area contributed by atoms with Gasteiger partial charge in [-0.15, -0.1) is 0 Å². The average Bonchev–Trinajstić information content (AvgIpc) is 2.04. The third-order valence-electron chi connectivity index (χ3n) is 2.31. The summed E-state index contributed by atoms with van der Waals surface area (Å²) in [6.07, 6.45) is 7.04. The normalized spacial score (nSPS) is 21.2. The van der Waals surface area contributed by atoms with Gasteiger partial charge >= 0.3 is 0 Å². The lowest BCUT2D eigenvalue weighted by Gasteiger charge is -2.21. The van der Waals surface area contributed by atoms with Crippen LogP contribution in [0.2, 0.25) is 0 Å². The summed E-state index contributed by atoms with van der Waals surface area (Å²) >= 11 is 0. The number of hydrogen-bond acceptors (Lipinski definition) is 1. The summed E-state index contributed by atoms with van der Waals surface area (Å²) in [4.78, 5) is 0. The van der Waals surface area contributed by atoms with Crippen LogP contribution < -0.4 is 5.09 Å². The fourth-order valence-corrected chi connectivity index (χ4v) is 2.50. The van der Waals surface area contributed by atoms with Crippen molar-refractivity contribution in [2.45, 2.75) is 58.9 Å². The smallest absolute Gasteiger partial charge is 0.0149 e. The summed E-state index contributed by atoms with van der Waals surface area (Å²) in [5.74, 6) is 2.35. The third-order valence-corrected chi connectivity index (χ3v) is 3.73. The minimum absolute atomic E-state index is 0.350. The van der Waals surface area contributed by atoms with Crippen molar-refractivity contribution in [2.24, 2.45) is 5.41 Å². The highest BCUT2D eigenvalue weighted by Gasteiger charge is 2.11. The summed E-state index contributed by atoms with van der Waals surface area (Å²) < 4.78 is 0. The van der Waals surface area contributed by atoms with Gasteiger partial charge in [0.2, 0.25) is 0 Å². The van der Waals surface area contributed by atoms with Crippen LogP contribution in [0.5, 0.6) is 0 Å². The Morgan fingerprint density at radius 2 is 1.77 bits per heavy atom. The second kappa shape index (κ2) is 5.12. The Balaban J connectivity index is 2.21. The fraction of sp³-hybridized carbons (Fsp3) is 0.909. The molecule has 0 unspecified atom stereocenters. The summed E-state index contributed by atoms with van der Waals surface area (Å²) in [6.45, 7) is 6.76. The highest BCUT2D eigenvalue weighted by atomic mass is 31.1. The van der Waals surface area contributed by atoms with Crippen molar-refractivity contribution < 1.29 is 0 Å². The molecule has 0 aromatic heterocycles. The maximum absolute atomic E-state index is 3.59. The molecule has 0 aliphatic heterocycles. The first-order valence-corrected chi connectivity index (χ1v) is 6.34. The molecule has 0 atom stereocenters. The summed E-state index contributed by atoms with van der Waals surface area (Å²) in [5, 5.41) is 3.59. The van der Waals surface area contributed by atoms with Gasteiger partial charge in [-0.3, -0.25) is 5.09 Å². The number of hydrogen-bond donors (Lipinski definition) is 1. The van der Waals surface area contributed by atoms with E-state index in [-0.39, 0.29) is 0 Å². The molecule has 76 valence electrons. The molecule has 0 bridgehead atoms. The van der Waals surface area contributed by atoms with E-state index >= 15 is 0 Å². The van der Waals surface area contributed by atoms with Gasteiger partial charge < -0.3 is 0 Å². The van der Waals surface area contributed by atoms with E-state index in [1.807, 2.05) is 0 Å². The molecule has 1 rings (SSSR count). The van der Waals surface area contributed by atoms with Crippen LogP contribution in [0.3, 0.4) is 0 Å². The Bertz CT molecular complexity index is 163. The van der Waals surface area contributed by atoms with E-state index in [0.29, 0.717) is 5.41 Å². The zero-order valence-corrected chi connectivity index (χ0v) is 10.0. The second-order valence-electron chi connectivity index (χ2n) is 5.09.